The van der Waals surface area contributed by atoms with Crippen LogP contribution in [0.3, 0.4) is 0 Å². The second kappa shape index (κ2) is 4.67. The summed E-state index contributed by atoms with van der Waals surface area (Å²) in [6, 6.07) is 2.12. The van der Waals surface area contributed by atoms with Crippen LogP contribution in [-0.2, 0) is 23.7 Å². The molecule has 1 heterocycles. The van der Waals surface area contributed by atoms with Crippen molar-refractivity contribution in [2.24, 2.45) is 24.8 Å². The SMILES string of the molecule is C[C@@H]1C(=O)C(C#N)C[C@]2(C)c3nn(C)c(C(=O)O)c3CC[C@@H]12. The van der Waals surface area contributed by atoms with E-state index in [-0.39, 0.29) is 23.3 Å². The molecule has 0 bridgehead atoms. The van der Waals surface area contributed by atoms with Crippen LogP contribution in [0.25, 0.3) is 0 Å². The van der Waals surface area contributed by atoms with E-state index in [1.807, 2.05) is 13.8 Å². The maximum Gasteiger partial charge on any atom is 0.354 e. The van der Waals surface area contributed by atoms with Gasteiger partial charge in [-0.2, -0.15) is 10.4 Å². The minimum absolute atomic E-state index is 0.0165. The summed E-state index contributed by atoms with van der Waals surface area (Å²) in [6.07, 6.45) is 1.82. The van der Waals surface area contributed by atoms with Crippen molar-refractivity contribution in [3.63, 3.8) is 0 Å². The van der Waals surface area contributed by atoms with Gasteiger partial charge in [-0.1, -0.05) is 13.8 Å². The first kappa shape index (κ1) is 14.8. The number of aryl methyl sites for hydroxylation is 1. The molecule has 0 saturated heterocycles. The van der Waals surface area contributed by atoms with Crippen LogP contribution in [-0.4, -0.2) is 26.6 Å². The molecule has 1 aromatic rings. The van der Waals surface area contributed by atoms with E-state index in [0.717, 1.165) is 17.7 Å². The number of carboxylic acids is 1. The standard InChI is InChI=1S/C16H19N3O3/c1-8-11-5-4-10-12(15(21)22)19(3)18-14(10)16(11,2)6-9(7-17)13(8)20/h8-9,11H,4-6H2,1-3H3,(H,21,22)/t8-,9?,11-,16-/m0/s1. The maximum atomic E-state index is 12.3. The Bertz CT molecular complexity index is 715. The zero-order valence-electron chi connectivity index (χ0n) is 13.0. The number of ketones is 1. The highest BCUT2D eigenvalue weighted by atomic mass is 16.4. The first-order valence-corrected chi connectivity index (χ1v) is 7.54. The van der Waals surface area contributed by atoms with E-state index in [2.05, 4.69) is 11.2 Å². The van der Waals surface area contributed by atoms with Crippen LogP contribution in [0.4, 0.5) is 0 Å². The van der Waals surface area contributed by atoms with Crippen LogP contribution < -0.4 is 0 Å². The lowest BCUT2D eigenvalue weighted by Gasteiger charge is -2.48. The van der Waals surface area contributed by atoms with Gasteiger partial charge in [0.1, 0.15) is 11.6 Å². The Hall–Kier alpha value is -2.16. The fraction of sp³-hybridized carbons (Fsp3) is 0.625. The number of carbonyl (C=O) groups excluding carboxylic acids is 1. The Morgan fingerprint density at radius 3 is 2.82 bits per heavy atom. The summed E-state index contributed by atoms with van der Waals surface area (Å²) in [5.74, 6) is -1.66. The van der Waals surface area contributed by atoms with E-state index in [9.17, 15) is 20.0 Å². The lowest BCUT2D eigenvalue weighted by atomic mass is 9.54. The number of carboxylic acid groups (broad SMARTS) is 1. The van der Waals surface area contributed by atoms with E-state index < -0.39 is 17.3 Å². The van der Waals surface area contributed by atoms with Gasteiger partial charge in [-0.15, -0.1) is 0 Å². The Kier molecular flexibility index (Phi) is 3.13. The lowest BCUT2D eigenvalue weighted by Crippen LogP contribution is -2.50. The molecule has 0 spiro atoms. The highest BCUT2D eigenvalue weighted by molar-refractivity contribution is 5.89. The molecule has 2 aliphatic rings. The molecule has 6 heteroatoms. The smallest absolute Gasteiger partial charge is 0.354 e. The topological polar surface area (TPSA) is 96.0 Å². The van der Waals surface area contributed by atoms with E-state index >= 15 is 0 Å². The molecule has 0 amide bonds. The van der Waals surface area contributed by atoms with Crippen LogP contribution in [0.1, 0.15) is 48.4 Å². The molecule has 1 fully saturated rings. The molecule has 3 rings (SSSR count). The third-order valence-electron chi connectivity index (χ3n) is 5.59. The Morgan fingerprint density at radius 1 is 1.55 bits per heavy atom. The van der Waals surface area contributed by atoms with Crippen LogP contribution >= 0.6 is 0 Å². The number of aromatic nitrogens is 2. The third-order valence-corrected chi connectivity index (χ3v) is 5.59. The van der Waals surface area contributed by atoms with Gasteiger partial charge in [-0.3, -0.25) is 9.48 Å². The second-order valence-electron chi connectivity index (χ2n) is 6.74. The average Bonchev–Trinajstić information content (AvgIpc) is 2.80. The fourth-order valence-electron chi connectivity index (χ4n) is 4.52. The van der Waals surface area contributed by atoms with Crippen molar-refractivity contribution in [1.29, 1.82) is 5.26 Å². The Morgan fingerprint density at radius 2 is 2.23 bits per heavy atom. The van der Waals surface area contributed by atoms with Gasteiger partial charge >= 0.3 is 5.97 Å². The minimum Gasteiger partial charge on any atom is -0.477 e. The van der Waals surface area contributed by atoms with Crippen molar-refractivity contribution in [2.45, 2.75) is 38.5 Å². The minimum atomic E-state index is -0.977. The number of Topliss-reactive ketones (excluding diaryl/α,β-unsaturated/α-hetero) is 1. The van der Waals surface area contributed by atoms with Crippen LogP contribution in [0.5, 0.6) is 0 Å². The summed E-state index contributed by atoms with van der Waals surface area (Å²) in [7, 11) is 1.64. The highest BCUT2D eigenvalue weighted by Crippen LogP contribution is 2.52. The maximum absolute atomic E-state index is 12.3. The molecule has 1 saturated carbocycles. The number of rotatable bonds is 1. The largest absolute Gasteiger partial charge is 0.477 e. The first-order valence-electron chi connectivity index (χ1n) is 7.54. The van der Waals surface area contributed by atoms with Crippen LogP contribution in [0, 0.1) is 29.1 Å². The predicted octanol–water partition coefficient (Wildman–Crippen LogP) is 1.69. The van der Waals surface area contributed by atoms with Crippen molar-refractivity contribution in [1.82, 2.24) is 9.78 Å². The highest BCUT2D eigenvalue weighted by Gasteiger charge is 2.53. The van der Waals surface area contributed by atoms with Crippen molar-refractivity contribution in [2.75, 3.05) is 0 Å². The van der Waals surface area contributed by atoms with E-state index in [1.165, 1.54) is 4.68 Å². The molecule has 1 aromatic heterocycles. The molecule has 116 valence electrons. The van der Waals surface area contributed by atoms with Crippen molar-refractivity contribution in [3.05, 3.63) is 17.0 Å². The van der Waals surface area contributed by atoms with Gasteiger partial charge < -0.3 is 5.11 Å². The van der Waals surface area contributed by atoms with Crippen LogP contribution in [0.2, 0.25) is 0 Å². The summed E-state index contributed by atoms with van der Waals surface area (Å²) in [5, 5.41) is 23.2. The van der Waals surface area contributed by atoms with Crippen molar-refractivity contribution >= 4 is 11.8 Å². The van der Waals surface area contributed by atoms with Gasteiger partial charge in [-0.25, -0.2) is 4.79 Å². The molecule has 1 N–H and O–H groups in total. The van der Waals surface area contributed by atoms with Gasteiger partial charge in [0.2, 0.25) is 0 Å². The zero-order chi connectivity index (χ0) is 16.2. The van der Waals surface area contributed by atoms with Gasteiger partial charge in [-0.05, 0) is 25.2 Å². The molecule has 6 nitrogen and oxygen atoms in total. The van der Waals surface area contributed by atoms with Crippen molar-refractivity contribution < 1.29 is 14.7 Å². The molecular formula is C16H19N3O3. The number of hydrogen-bond donors (Lipinski definition) is 1. The molecule has 0 aliphatic heterocycles. The molecule has 1 unspecified atom stereocenters. The summed E-state index contributed by atoms with van der Waals surface area (Å²) < 4.78 is 1.42. The summed E-state index contributed by atoms with van der Waals surface area (Å²) in [6.45, 7) is 3.92. The third kappa shape index (κ3) is 1.75. The van der Waals surface area contributed by atoms with Gasteiger partial charge in [0.25, 0.3) is 0 Å². The van der Waals surface area contributed by atoms with E-state index in [0.29, 0.717) is 12.8 Å². The number of nitrogens with zero attached hydrogens (tertiary/aromatic N) is 3. The molecule has 22 heavy (non-hydrogen) atoms. The zero-order valence-corrected chi connectivity index (χ0v) is 13.0. The molecule has 0 aromatic carbocycles. The Labute approximate surface area is 128 Å². The Balaban J connectivity index is 2.16. The molecular weight excluding hydrogens is 282 g/mol. The number of hydrogen-bond acceptors (Lipinski definition) is 4. The number of carbonyl (C=O) groups is 2. The van der Waals surface area contributed by atoms with E-state index in [1.54, 1.807) is 7.05 Å². The van der Waals surface area contributed by atoms with Crippen LogP contribution in [0.15, 0.2) is 0 Å². The lowest BCUT2D eigenvalue weighted by molar-refractivity contribution is -0.132. The summed E-state index contributed by atoms with van der Waals surface area (Å²) >= 11 is 0. The second-order valence-corrected chi connectivity index (χ2v) is 6.74. The molecule has 4 atom stereocenters. The van der Waals surface area contributed by atoms with Gasteiger partial charge in [0, 0.05) is 23.9 Å². The summed E-state index contributed by atoms with van der Waals surface area (Å²) in [4.78, 5) is 23.8. The predicted molar refractivity (Wildman–Crippen MR) is 77.2 cm³/mol. The van der Waals surface area contributed by atoms with E-state index in [4.69, 9.17) is 0 Å². The molecule has 2 aliphatic carbocycles. The molecule has 0 radical (unpaired) electrons. The summed E-state index contributed by atoms with van der Waals surface area (Å²) in [5.41, 5.74) is 1.36. The van der Waals surface area contributed by atoms with Gasteiger partial charge in [0.05, 0.1) is 11.8 Å². The average molecular weight is 301 g/mol. The number of nitriles is 1. The quantitative estimate of drug-likeness (QED) is 0.851. The van der Waals surface area contributed by atoms with Crippen molar-refractivity contribution in [3.8, 4) is 6.07 Å². The fourth-order valence-corrected chi connectivity index (χ4v) is 4.52. The first-order chi connectivity index (χ1) is 10.3. The number of fused-ring (bicyclic) bond motifs is 3. The number of aromatic carboxylic acids is 1. The normalized spacial score (nSPS) is 33.7. The monoisotopic (exact) mass is 301 g/mol. The van der Waals surface area contributed by atoms with Gasteiger partial charge in [0.15, 0.2) is 5.78 Å².